The van der Waals surface area contributed by atoms with Crippen LogP contribution in [0, 0.1) is 12.3 Å². The molecule has 3 N–H and O–H groups in total. The molecule has 11 heteroatoms. The van der Waals surface area contributed by atoms with Crippen LogP contribution in [0.25, 0.3) is 28.0 Å². The van der Waals surface area contributed by atoms with Crippen LogP contribution in [0.1, 0.15) is 66.6 Å². The molecule has 0 saturated carbocycles. The summed E-state index contributed by atoms with van der Waals surface area (Å²) in [6.07, 6.45) is 7.01. The summed E-state index contributed by atoms with van der Waals surface area (Å²) in [4.78, 5) is 38.7. The van der Waals surface area contributed by atoms with Gasteiger partial charge in [-0.2, -0.15) is 9.61 Å². The molecule has 3 aliphatic heterocycles. The second kappa shape index (κ2) is 11.2. The van der Waals surface area contributed by atoms with E-state index in [4.69, 9.17) is 14.7 Å². The van der Waals surface area contributed by atoms with Gasteiger partial charge in [0.05, 0.1) is 48.9 Å². The Balaban J connectivity index is 1.25. The van der Waals surface area contributed by atoms with Gasteiger partial charge in [-0.1, -0.05) is 6.07 Å². The highest BCUT2D eigenvalue weighted by atomic mass is 16.5. The van der Waals surface area contributed by atoms with Gasteiger partial charge < -0.3 is 25.2 Å². The standard InChI is InChI=1S/C34H38N6O5/c1-19-12-20(5-9-28(19)45-3)26-8-4-21(15-36-26)25-16-37-40-31(25)38-30(29-27(43)10-11-35-32(29)40)22-13-23-6-7-24(14-22)39(23)33(44)34(2,17-41)18-42/h4-5,8-9,12,15-16,22-24,35,41-42H,6-7,10-11,13-14,17-18H2,1-3H3. The number of ketones is 1. The Morgan fingerprint density at radius 3 is 2.47 bits per heavy atom. The first-order valence-electron chi connectivity index (χ1n) is 15.6. The smallest absolute Gasteiger partial charge is 0.233 e. The minimum Gasteiger partial charge on any atom is -0.496 e. The van der Waals surface area contributed by atoms with Crippen molar-refractivity contribution in [3.05, 3.63) is 59.5 Å². The van der Waals surface area contributed by atoms with E-state index in [1.54, 1.807) is 24.7 Å². The van der Waals surface area contributed by atoms with Crippen LogP contribution in [-0.4, -0.2) is 85.3 Å². The molecule has 3 aromatic heterocycles. The molecule has 45 heavy (non-hydrogen) atoms. The number of aliphatic hydroxyl groups is 2. The quantitative estimate of drug-likeness (QED) is 0.283. The fourth-order valence-corrected chi connectivity index (χ4v) is 7.36. The third-order valence-corrected chi connectivity index (χ3v) is 9.93. The molecule has 2 bridgehead atoms. The number of anilines is 1. The van der Waals surface area contributed by atoms with Crippen molar-refractivity contribution >= 4 is 23.2 Å². The first-order valence-corrected chi connectivity index (χ1v) is 15.6. The van der Waals surface area contributed by atoms with E-state index in [1.807, 2.05) is 42.3 Å². The lowest BCUT2D eigenvalue weighted by Crippen LogP contribution is -2.54. The number of carbonyl (C=O) groups is 2. The van der Waals surface area contributed by atoms with Gasteiger partial charge in [0, 0.05) is 53.9 Å². The van der Waals surface area contributed by atoms with Gasteiger partial charge in [-0.15, -0.1) is 0 Å². The van der Waals surface area contributed by atoms with Gasteiger partial charge in [0.2, 0.25) is 5.91 Å². The van der Waals surface area contributed by atoms with Crippen molar-refractivity contribution in [3.8, 4) is 28.1 Å². The summed E-state index contributed by atoms with van der Waals surface area (Å²) in [5.74, 6) is 1.31. The zero-order valence-corrected chi connectivity index (χ0v) is 25.8. The predicted octanol–water partition coefficient (Wildman–Crippen LogP) is 4.00. The maximum Gasteiger partial charge on any atom is 0.233 e. The fraction of sp³-hybridized carbons (Fsp3) is 0.441. The number of aliphatic hydroxyl groups excluding tert-OH is 2. The van der Waals surface area contributed by atoms with Gasteiger partial charge in [-0.05, 0) is 69.4 Å². The minimum absolute atomic E-state index is 0.0229. The third kappa shape index (κ3) is 4.76. The van der Waals surface area contributed by atoms with Crippen LogP contribution in [0.5, 0.6) is 5.75 Å². The highest BCUT2D eigenvalue weighted by molar-refractivity contribution is 6.04. The zero-order valence-electron chi connectivity index (χ0n) is 25.8. The molecule has 6 heterocycles. The summed E-state index contributed by atoms with van der Waals surface area (Å²) in [7, 11) is 1.66. The Morgan fingerprint density at radius 2 is 1.82 bits per heavy atom. The van der Waals surface area contributed by atoms with E-state index < -0.39 is 18.6 Å². The molecule has 11 nitrogen and oxygen atoms in total. The van der Waals surface area contributed by atoms with E-state index in [2.05, 4.69) is 16.5 Å². The highest BCUT2D eigenvalue weighted by Crippen LogP contribution is 2.46. The molecule has 1 aromatic carbocycles. The predicted molar refractivity (Wildman–Crippen MR) is 168 cm³/mol. The lowest BCUT2D eigenvalue weighted by Gasteiger charge is -2.43. The van der Waals surface area contributed by atoms with Crippen LogP contribution < -0.4 is 10.1 Å². The van der Waals surface area contributed by atoms with Crippen molar-refractivity contribution in [2.75, 3.05) is 32.2 Å². The van der Waals surface area contributed by atoms with Gasteiger partial charge in [0.1, 0.15) is 11.6 Å². The van der Waals surface area contributed by atoms with Crippen molar-refractivity contribution in [2.45, 2.75) is 64.0 Å². The molecule has 234 valence electrons. The van der Waals surface area contributed by atoms with E-state index in [-0.39, 0.29) is 29.7 Å². The molecule has 7 rings (SSSR count). The average molecular weight is 611 g/mol. The molecule has 2 fully saturated rings. The molecule has 2 unspecified atom stereocenters. The molecule has 0 radical (unpaired) electrons. The third-order valence-electron chi connectivity index (χ3n) is 9.93. The van der Waals surface area contributed by atoms with Gasteiger partial charge in [-0.3, -0.25) is 14.6 Å². The second-order valence-corrected chi connectivity index (χ2v) is 12.9. The molecule has 1 amide bonds. The summed E-state index contributed by atoms with van der Waals surface area (Å²) in [6, 6.07) is 9.91. The largest absolute Gasteiger partial charge is 0.496 e. The number of amides is 1. The normalized spacial score (nSPS) is 21.1. The van der Waals surface area contributed by atoms with Gasteiger partial charge >= 0.3 is 0 Å². The first-order chi connectivity index (χ1) is 21.8. The summed E-state index contributed by atoms with van der Waals surface area (Å²) in [6.45, 7) is 3.32. The van der Waals surface area contributed by atoms with Crippen molar-refractivity contribution in [1.82, 2.24) is 24.5 Å². The van der Waals surface area contributed by atoms with Crippen LogP contribution in [0.15, 0.2) is 42.7 Å². The van der Waals surface area contributed by atoms with E-state index in [9.17, 15) is 19.8 Å². The number of ether oxygens (including phenoxy) is 1. The molecule has 3 aliphatic rings. The number of fused-ring (bicyclic) bond motifs is 5. The zero-order chi connectivity index (χ0) is 31.5. The van der Waals surface area contributed by atoms with Crippen molar-refractivity contribution in [3.63, 3.8) is 0 Å². The number of Topliss-reactive ketones (excluding diaryl/α,β-unsaturated/α-hetero) is 1. The maximum absolute atomic E-state index is 13.5. The van der Waals surface area contributed by atoms with Crippen molar-refractivity contribution in [1.29, 1.82) is 0 Å². The van der Waals surface area contributed by atoms with Crippen LogP contribution in [0.4, 0.5) is 5.82 Å². The molecule has 0 spiro atoms. The minimum atomic E-state index is -1.22. The van der Waals surface area contributed by atoms with E-state index >= 15 is 0 Å². The number of hydrogen-bond donors (Lipinski definition) is 3. The number of pyridine rings is 1. The van der Waals surface area contributed by atoms with Crippen molar-refractivity contribution in [2.24, 2.45) is 5.41 Å². The van der Waals surface area contributed by atoms with E-state index in [0.717, 1.165) is 52.2 Å². The lowest BCUT2D eigenvalue weighted by atomic mass is 9.82. The van der Waals surface area contributed by atoms with Crippen LogP contribution in [-0.2, 0) is 4.79 Å². The first kappa shape index (κ1) is 29.4. The molecule has 2 atom stereocenters. The van der Waals surface area contributed by atoms with E-state index in [1.165, 1.54) is 0 Å². The Morgan fingerprint density at radius 1 is 1.09 bits per heavy atom. The second-order valence-electron chi connectivity index (χ2n) is 12.9. The topological polar surface area (TPSA) is 142 Å². The number of methoxy groups -OCH3 is 1. The molecule has 2 saturated heterocycles. The highest BCUT2D eigenvalue weighted by Gasteiger charge is 2.49. The maximum atomic E-state index is 13.5. The number of carbonyl (C=O) groups excluding carboxylic acids is 2. The molecular formula is C34H38N6O5. The molecule has 4 aromatic rings. The number of aromatic nitrogens is 4. The number of hydrogen-bond acceptors (Lipinski definition) is 9. The summed E-state index contributed by atoms with van der Waals surface area (Å²) < 4.78 is 7.13. The number of nitrogens with zero attached hydrogens (tertiary/aromatic N) is 5. The Kier molecular flexibility index (Phi) is 7.32. The Labute approximate surface area is 261 Å². The van der Waals surface area contributed by atoms with Gasteiger partial charge in [-0.25, -0.2) is 4.98 Å². The summed E-state index contributed by atoms with van der Waals surface area (Å²) >= 11 is 0. The number of benzene rings is 1. The average Bonchev–Trinajstić information content (AvgIpc) is 3.61. The van der Waals surface area contributed by atoms with Gasteiger partial charge in [0.25, 0.3) is 0 Å². The van der Waals surface area contributed by atoms with Gasteiger partial charge in [0.15, 0.2) is 11.4 Å². The van der Waals surface area contributed by atoms with Crippen LogP contribution in [0.3, 0.4) is 0 Å². The number of rotatable bonds is 7. The van der Waals surface area contributed by atoms with E-state index in [0.29, 0.717) is 42.8 Å². The fourth-order valence-electron chi connectivity index (χ4n) is 7.36. The van der Waals surface area contributed by atoms with Crippen LogP contribution in [0.2, 0.25) is 0 Å². The Bertz CT molecular complexity index is 1780. The summed E-state index contributed by atoms with van der Waals surface area (Å²) in [5.41, 5.74) is 5.34. The molecular weight excluding hydrogens is 572 g/mol. The molecule has 0 aliphatic carbocycles. The Hall–Kier alpha value is -4.35. The number of aryl methyl sites for hydroxylation is 1. The number of piperidine rings is 1. The monoisotopic (exact) mass is 610 g/mol. The lowest BCUT2D eigenvalue weighted by molar-refractivity contribution is -0.151. The SMILES string of the molecule is COc1ccc(-c2ccc(-c3cnn4c5c(c(C6CC7CCC(C6)N7C(=O)C(C)(CO)CO)nc34)C(=O)CCN5)cn2)cc1C. The summed E-state index contributed by atoms with van der Waals surface area (Å²) in [5, 5.41) is 27.9. The number of nitrogens with one attached hydrogen (secondary N) is 1. The van der Waals surface area contributed by atoms with Crippen molar-refractivity contribution < 1.29 is 24.5 Å². The van der Waals surface area contributed by atoms with Crippen LogP contribution >= 0.6 is 0 Å².